The molecule has 57 heavy (non-hydrogen) atoms. The average molecular weight is 734 g/mol. The van der Waals surface area contributed by atoms with E-state index in [-0.39, 0.29) is 10.8 Å². The Bertz CT molecular complexity index is 3170. The highest BCUT2D eigenvalue weighted by Gasteiger charge is 2.45. The molecule has 3 aliphatic rings. The molecule has 9 aromatic rings. The van der Waals surface area contributed by atoms with Gasteiger partial charge in [0.05, 0.1) is 33.6 Å². The SMILES string of the molecule is CC1(C)c2ccccc2N2c3ccc(-c4ccc5c(c4)c4ccc6c7c(n(-c8ccccc8)c6c4n5-c4ccccc4)C=CCC7)cc3C(C)(C)c3cccc1c32. The van der Waals surface area contributed by atoms with Crippen LogP contribution < -0.4 is 4.90 Å². The predicted molar refractivity (Wildman–Crippen MR) is 239 cm³/mol. The molecule has 2 aliphatic heterocycles. The largest absolute Gasteiger partial charge is 0.309 e. The van der Waals surface area contributed by atoms with Crippen LogP contribution in [-0.2, 0) is 17.3 Å². The zero-order valence-electron chi connectivity index (χ0n) is 32.8. The number of benzene rings is 7. The molecule has 3 nitrogen and oxygen atoms in total. The number of aromatic nitrogens is 2. The Hall–Kier alpha value is -6.58. The molecule has 0 amide bonds. The van der Waals surface area contributed by atoms with Crippen molar-refractivity contribution < 1.29 is 0 Å². The molecule has 0 fully saturated rings. The highest BCUT2D eigenvalue weighted by atomic mass is 15.2. The fourth-order valence-corrected chi connectivity index (χ4v) is 10.7. The summed E-state index contributed by atoms with van der Waals surface area (Å²) in [5.41, 5.74) is 20.4. The number of nitrogens with zero attached hydrogens (tertiary/aromatic N) is 3. The lowest BCUT2D eigenvalue weighted by Crippen LogP contribution is -2.38. The van der Waals surface area contributed by atoms with E-state index in [2.05, 4.69) is 206 Å². The van der Waals surface area contributed by atoms with Crippen molar-refractivity contribution in [2.75, 3.05) is 4.90 Å². The smallest absolute Gasteiger partial charge is 0.0788 e. The third-order valence-electron chi connectivity index (χ3n) is 13.5. The Kier molecular flexibility index (Phi) is 6.58. The number of para-hydroxylation sites is 4. The molecule has 0 radical (unpaired) electrons. The van der Waals surface area contributed by atoms with Crippen LogP contribution in [0, 0.1) is 0 Å². The lowest BCUT2D eigenvalue weighted by Gasteiger charge is -2.49. The third-order valence-corrected chi connectivity index (χ3v) is 13.5. The summed E-state index contributed by atoms with van der Waals surface area (Å²) in [6.45, 7) is 9.58. The van der Waals surface area contributed by atoms with Gasteiger partial charge in [0, 0.05) is 44.1 Å². The minimum Gasteiger partial charge on any atom is -0.309 e. The van der Waals surface area contributed by atoms with E-state index >= 15 is 0 Å². The molecule has 3 heteroatoms. The second kappa shape index (κ2) is 11.5. The molecule has 1 aliphatic carbocycles. The van der Waals surface area contributed by atoms with Gasteiger partial charge in [0.15, 0.2) is 0 Å². The highest BCUT2D eigenvalue weighted by Crippen LogP contribution is 2.60. The minimum absolute atomic E-state index is 0.0926. The second-order valence-electron chi connectivity index (χ2n) is 17.3. The van der Waals surface area contributed by atoms with Crippen LogP contribution in [-0.4, -0.2) is 9.13 Å². The topological polar surface area (TPSA) is 13.1 Å². The Morgan fingerprint density at radius 3 is 1.84 bits per heavy atom. The van der Waals surface area contributed by atoms with Crippen molar-refractivity contribution in [3.05, 3.63) is 191 Å². The van der Waals surface area contributed by atoms with Crippen molar-refractivity contribution >= 4 is 55.8 Å². The van der Waals surface area contributed by atoms with Gasteiger partial charge in [-0.3, -0.25) is 0 Å². The first-order valence-corrected chi connectivity index (χ1v) is 20.4. The van der Waals surface area contributed by atoms with Gasteiger partial charge in [0.2, 0.25) is 0 Å². The Balaban J connectivity index is 1.11. The molecule has 0 saturated carbocycles. The van der Waals surface area contributed by atoms with Crippen molar-refractivity contribution in [3.8, 4) is 22.5 Å². The van der Waals surface area contributed by atoms with Crippen molar-refractivity contribution in [1.82, 2.24) is 9.13 Å². The summed E-state index contributed by atoms with van der Waals surface area (Å²) >= 11 is 0. The summed E-state index contributed by atoms with van der Waals surface area (Å²) < 4.78 is 5.02. The van der Waals surface area contributed by atoms with Crippen LogP contribution in [0.3, 0.4) is 0 Å². The van der Waals surface area contributed by atoms with Crippen LogP contribution in [0.2, 0.25) is 0 Å². The summed E-state index contributed by atoms with van der Waals surface area (Å²) in [4.78, 5) is 2.55. The molecule has 7 aromatic carbocycles. The molecule has 0 N–H and O–H groups in total. The van der Waals surface area contributed by atoms with Crippen molar-refractivity contribution in [2.24, 2.45) is 0 Å². The molecule has 0 saturated heterocycles. The predicted octanol–water partition coefficient (Wildman–Crippen LogP) is 14.1. The number of fused-ring (bicyclic) bond motifs is 11. The first-order valence-electron chi connectivity index (χ1n) is 20.4. The highest BCUT2D eigenvalue weighted by molar-refractivity contribution is 6.20. The molecule has 4 heterocycles. The zero-order chi connectivity index (χ0) is 38.2. The van der Waals surface area contributed by atoms with Crippen LogP contribution in [0.1, 0.15) is 67.6 Å². The fourth-order valence-electron chi connectivity index (χ4n) is 10.7. The van der Waals surface area contributed by atoms with E-state index in [1.807, 2.05) is 0 Å². The van der Waals surface area contributed by atoms with E-state index in [9.17, 15) is 0 Å². The van der Waals surface area contributed by atoms with Crippen molar-refractivity contribution in [1.29, 1.82) is 0 Å². The first-order chi connectivity index (χ1) is 27.8. The van der Waals surface area contributed by atoms with E-state index < -0.39 is 0 Å². The van der Waals surface area contributed by atoms with Crippen LogP contribution in [0.15, 0.2) is 158 Å². The second-order valence-corrected chi connectivity index (χ2v) is 17.3. The number of aryl methyl sites for hydroxylation is 1. The number of rotatable bonds is 3. The van der Waals surface area contributed by atoms with E-state index in [1.54, 1.807) is 0 Å². The van der Waals surface area contributed by atoms with Crippen LogP contribution in [0.4, 0.5) is 17.1 Å². The molecule has 12 rings (SSSR count). The third kappa shape index (κ3) is 4.32. The van der Waals surface area contributed by atoms with E-state index in [0.717, 1.165) is 12.8 Å². The monoisotopic (exact) mass is 733 g/mol. The number of hydrogen-bond donors (Lipinski definition) is 0. The van der Waals surface area contributed by atoms with Gasteiger partial charge >= 0.3 is 0 Å². The van der Waals surface area contributed by atoms with E-state index in [1.165, 1.54) is 106 Å². The van der Waals surface area contributed by atoms with Gasteiger partial charge < -0.3 is 14.0 Å². The summed E-state index contributed by atoms with van der Waals surface area (Å²) in [7, 11) is 0. The van der Waals surface area contributed by atoms with Gasteiger partial charge in [0.1, 0.15) is 0 Å². The number of hydrogen-bond acceptors (Lipinski definition) is 1. The molecule has 2 aromatic heterocycles. The lowest BCUT2D eigenvalue weighted by molar-refractivity contribution is 0.597. The molecule has 0 spiro atoms. The van der Waals surface area contributed by atoms with Crippen LogP contribution in [0.25, 0.3) is 61.3 Å². The van der Waals surface area contributed by atoms with Crippen molar-refractivity contribution in [3.63, 3.8) is 0 Å². The Morgan fingerprint density at radius 1 is 0.474 bits per heavy atom. The Labute approximate surface area is 333 Å². The summed E-state index contributed by atoms with van der Waals surface area (Å²) in [6.07, 6.45) is 6.78. The van der Waals surface area contributed by atoms with Gasteiger partial charge in [0.25, 0.3) is 0 Å². The quantitative estimate of drug-likeness (QED) is 0.176. The molecular formula is C54H43N3. The summed E-state index contributed by atoms with van der Waals surface area (Å²) in [5.74, 6) is 0. The molecule has 274 valence electrons. The number of allylic oxidation sites excluding steroid dienone is 1. The molecule has 0 bridgehead atoms. The standard InChI is InChI=1S/C54H43N3/c1-53(2)42-21-12-14-25-48(42)57-49-31-27-35(33-45(49)54(3,4)44-23-15-22-43(53)52(44)57)34-26-30-47-41(32-34)40-29-28-39-38-20-11-13-24-46(38)55(36-16-7-5-8-17-36)50(39)51(40)56(47)37-18-9-6-10-19-37/h5-10,12-19,21-33H,11,20H2,1-4H3. The van der Waals surface area contributed by atoms with Crippen LogP contribution in [0.5, 0.6) is 0 Å². The van der Waals surface area contributed by atoms with Crippen LogP contribution >= 0.6 is 0 Å². The van der Waals surface area contributed by atoms with E-state index in [4.69, 9.17) is 0 Å². The molecular weight excluding hydrogens is 691 g/mol. The zero-order valence-corrected chi connectivity index (χ0v) is 32.8. The minimum atomic E-state index is -0.189. The maximum absolute atomic E-state index is 2.55. The summed E-state index contributed by atoms with van der Waals surface area (Å²) in [5, 5.41) is 3.88. The average Bonchev–Trinajstić information content (AvgIpc) is 3.77. The summed E-state index contributed by atoms with van der Waals surface area (Å²) in [6, 6.07) is 56.9. The lowest BCUT2D eigenvalue weighted by atomic mass is 9.66. The normalized spacial score (nSPS) is 15.8. The molecule has 0 atom stereocenters. The van der Waals surface area contributed by atoms with Gasteiger partial charge in [-0.1, -0.05) is 131 Å². The maximum atomic E-state index is 2.55. The van der Waals surface area contributed by atoms with E-state index in [0.29, 0.717) is 0 Å². The fraction of sp³-hybridized carbons (Fsp3) is 0.148. The van der Waals surface area contributed by atoms with Gasteiger partial charge in [-0.15, -0.1) is 0 Å². The van der Waals surface area contributed by atoms with Crippen molar-refractivity contribution in [2.45, 2.75) is 51.4 Å². The Morgan fingerprint density at radius 2 is 1.07 bits per heavy atom. The maximum Gasteiger partial charge on any atom is 0.0788 e. The van der Waals surface area contributed by atoms with Gasteiger partial charge in [-0.05, 0) is 112 Å². The molecule has 0 unspecified atom stereocenters. The van der Waals surface area contributed by atoms with Gasteiger partial charge in [-0.25, -0.2) is 0 Å². The first kappa shape index (κ1) is 32.6. The number of anilines is 3. The van der Waals surface area contributed by atoms with Gasteiger partial charge in [-0.2, -0.15) is 0 Å².